The number of nitrogens with zero attached hydrogens (tertiary/aromatic N) is 1. The van der Waals surface area contributed by atoms with E-state index in [1.807, 2.05) is 0 Å². The zero-order valence-corrected chi connectivity index (χ0v) is 25.0. The fourth-order valence-electron chi connectivity index (χ4n) is 3.37. The molecule has 0 aliphatic heterocycles. The van der Waals surface area contributed by atoms with Crippen LogP contribution in [0.1, 0.15) is 12.8 Å². The second kappa shape index (κ2) is 12.4. The van der Waals surface area contributed by atoms with E-state index in [1.165, 1.54) is 18.2 Å². The van der Waals surface area contributed by atoms with Crippen molar-refractivity contribution in [2.75, 3.05) is 13.7 Å². The van der Waals surface area contributed by atoms with Gasteiger partial charge in [0.25, 0.3) is 0 Å². The Bertz CT molecular complexity index is 919. The van der Waals surface area contributed by atoms with Crippen LogP contribution in [0.4, 0.5) is 0 Å². The predicted molar refractivity (Wildman–Crippen MR) is 142 cm³/mol. The first kappa shape index (κ1) is 29.7. The molecule has 33 heavy (non-hydrogen) atoms. The molecule has 1 rings (SSSR count). The van der Waals surface area contributed by atoms with E-state index < -0.39 is 41.0 Å². The minimum atomic E-state index is -3.96. The number of carbonyl (C=O) groups is 1. The van der Waals surface area contributed by atoms with Crippen LogP contribution in [0.15, 0.2) is 51.2 Å². The third-order valence-electron chi connectivity index (χ3n) is 4.23. The summed E-state index contributed by atoms with van der Waals surface area (Å²) in [5.74, 6) is -0.888. The van der Waals surface area contributed by atoms with Crippen molar-refractivity contribution in [2.45, 2.75) is 69.6 Å². The van der Waals surface area contributed by atoms with Crippen LogP contribution >= 0.6 is 0 Å². The molecule has 1 aromatic rings. The minimum Gasteiger partial charge on any atom is -0.465 e. The van der Waals surface area contributed by atoms with E-state index in [0.717, 1.165) is 19.6 Å². The van der Waals surface area contributed by atoms with Gasteiger partial charge in [0.2, 0.25) is 9.84 Å². The summed E-state index contributed by atoms with van der Waals surface area (Å²) in [4.78, 5) is 16.2. The van der Waals surface area contributed by atoms with E-state index in [9.17, 15) is 13.2 Å². The first-order valence-electron chi connectivity index (χ1n) is 11.1. The summed E-state index contributed by atoms with van der Waals surface area (Å²) in [6, 6.07) is 8.68. The Hall–Kier alpha value is -1.38. The molecule has 0 atom stereocenters. The van der Waals surface area contributed by atoms with Gasteiger partial charge >= 0.3 is 14.5 Å². The van der Waals surface area contributed by atoms with Crippen LogP contribution in [0.5, 0.6) is 0 Å². The van der Waals surface area contributed by atoms with Gasteiger partial charge in [-0.05, 0) is 70.4 Å². The summed E-state index contributed by atoms with van der Waals surface area (Å²) in [5.41, 5.74) is 0. The molecule has 0 saturated carbocycles. The number of methoxy groups -OCH3 is 1. The van der Waals surface area contributed by atoms with Crippen LogP contribution in [0, 0.1) is 0 Å². The van der Waals surface area contributed by atoms with Gasteiger partial charge in [0.15, 0.2) is 21.5 Å². The third-order valence-corrected chi connectivity index (χ3v) is 15.6. The maximum atomic E-state index is 12.8. The molecule has 0 fully saturated rings. The van der Waals surface area contributed by atoms with Crippen molar-refractivity contribution in [1.29, 1.82) is 0 Å². The maximum absolute atomic E-state index is 12.8. The highest BCUT2D eigenvalue weighted by atomic mass is 32.2. The summed E-state index contributed by atoms with van der Waals surface area (Å²) >= 11 is 0. The number of hydrogen-bond donors (Lipinski definition) is 0. The molecule has 0 amide bonds. The molecule has 1 aromatic carbocycles. The van der Waals surface area contributed by atoms with Crippen molar-refractivity contribution in [3.8, 4) is 0 Å². The molecule has 0 radical (unpaired) electrons. The molecule has 0 unspecified atom stereocenters. The van der Waals surface area contributed by atoms with Gasteiger partial charge in [-0.2, -0.15) is 0 Å². The first-order valence-corrected chi connectivity index (χ1v) is 21.9. The van der Waals surface area contributed by atoms with Crippen molar-refractivity contribution in [3.05, 3.63) is 41.3 Å². The Morgan fingerprint density at radius 3 is 2.00 bits per heavy atom. The van der Waals surface area contributed by atoms with Gasteiger partial charge in [-0.15, -0.1) is 0 Å². The van der Waals surface area contributed by atoms with Gasteiger partial charge in [0.05, 0.1) is 12.0 Å². The second-order valence-electron chi connectivity index (χ2n) is 9.87. The molecule has 0 bridgehead atoms. The number of hydrogen-bond acceptors (Lipinski definition) is 7. The van der Waals surface area contributed by atoms with E-state index in [4.69, 9.17) is 8.23 Å². The summed E-state index contributed by atoms with van der Waals surface area (Å²) in [6.45, 7) is 15.8. The number of aliphatic imine (C=N–C) groups is 1. The van der Waals surface area contributed by atoms with Crippen LogP contribution < -0.4 is 0 Å². The minimum absolute atomic E-state index is 0.0487. The Morgan fingerprint density at radius 1 is 0.970 bits per heavy atom. The van der Waals surface area contributed by atoms with E-state index in [2.05, 4.69) is 55.6 Å². The highest BCUT2D eigenvalue weighted by molar-refractivity contribution is 7.96. The molecule has 0 aliphatic rings. The highest BCUT2D eigenvalue weighted by Gasteiger charge is 2.39. The summed E-state index contributed by atoms with van der Waals surface area (Å²) in [6.07, 6.45) is 4.01. The lowest BCUT2D eigenvalue weighted by molar-refractivity contribution is -0.135. The topological polar surface area (TPSA) is 91.3 Å². The van der Waals surface area contributed by atoms with Gasteiger partial charge in [0.1, 0.15) is 0 Å². The van der Waals surface area contributed by atoms with Gasteiger partial charge in [-0.3, -0.25) is 4.99 Å². The largest absolute Gasteiger partial charge is 0.465 e. The van der Waals surface area contributed by atoms with E-state index in [1.54, 1.807) is 24.4 Å². The maximum Gasteiger partial charge on any atom is 0.349 e. The normalized spacial score (nSPS) is 14.0. The number of ether oxygens (including phenoxy) is 1. The summed E-state index contributed by atoms with van der Waals surface area (Å²) < 4.78 is 43.3. The third kappa shape index (κ3) is 11.1. The standard InChI is InChI=1S/C22H39NO6SSi3/c1-27-22(24)21(30(25,26)20-14-10-9-11-15-20)16-12-17-23-18-13-19-33(8,28-31(2,3)4)29-32(5,6)7/h9-11,14-17H,12-13,18-19H2,1-8H3/b21-16+,23-17?. The lowest BCUT2D eigenvalue weighted by atomic mass is 10.4. The molecular formula is C22H39NO6SSi3. The Labute approximate surface area is 202 Å². The Kier molecular flexibility index (Phi) is 11.1. The molecule has 0 aromatic heterocycles. The van der Waals surface area contributed by atoms with Crippen LogP contribution in [0.2, 0.25) is 51.9 Å². The van der Waals surface area contributed by atoms with Crippen LogP contribution in [0.25, 0.3) is 0 Å². The van der Waals surface area contributed by atoms with Gasteiger partial charge in [0, 0.05) is 19.2 Å². The molecular weight excluding hydrogens is 491 g/mol. The first-order chi connectivity index (χ1) is 15.1. The van der Waals surface area contributed by atoms with Gasteiger partial charge in [-0.25, -0.2) is 13.2 Å². The monoisotopic (exact) mass is 529 g/mol. The molecule has 0 spiro atoms. The van der Waals surface area contributed by atoms with Crippen molar-refractivity contribution in [2.24, 2.45) is 4.99 Å². The highest BCUT2D eigenvalue weighted by Crippen LogP contribution is 2.25. The zero-order chi connectivity index (χ0) is 25.3. The quantitative estimate of drug-likeness (QED) is 0.115. The predicted octanol–water partition coefficient (Wildman–Crippen LogP) is 5.14. The lowest BCUT2D eigenvalue weighted by Gasteiger charge is -2.38. The fraction of sp³-hybridized carbons (Fsp3) is 0.545. The molecule has 7 nitrogen and oxygen atoms in total. The molecule has 11 heteroatoms. The van der Waals surface area contributed by atoms with Crippen molar-refractivity contribution >= 4 is 47.2 Å². The van der Waals surface area contributed by atoms with E-state index >= 15 is 0 Å². The molecule has 0 aliphatic carbocycles. The van der Waals surface area contributed by atoms with E-state index in [0.29, 0.717) is 6.54 Å². The number of benzene rings is 1. The average molecular weight is 530 g/mol. The fourth-order valence-corrected chi connectivity index (χ4v) is 17.3. The zero-order valence-electron chi connectivity index (χ0n) is 21.2. The van der Waals surface area contributed by atoms with Crippen LogP contribution in [-0.4, -0.2) is 59.5 Å². The van der Waals surface area contributed by atoms with Gasteiger partial charge in [-0.1, -0.05) is 24.3 Å². The van der Waals surface area contributed by atoms with Crippen molar-refractivity contribution < 1.29 is 26.2 Å². The summed E-state index contributed by atoms with van der Waals surface area (Å²) in [7, 11) is -8.56. The molecule has 186 valence electrons. The number of carbonyl (C=O) groups excluding carboxylic acids is 1. The smallest absolute Gasteiger partial charge is 0.349 e. The number of allylic oxidation sites excluding steroid dienone is 1. The second-order valence-corrected chi connectivity index (χ2v) is 24.6. The summed E-state index contributed by atoms with van der Waals surface area (Å²) in [5, 5.41) is 0. The lowest BCUT2D eigenvalue weighted by Crippen LogP contribution is -2.52. The SMILES string of the molecule is COC(=O)/C(=C\CC=NCCC[Si](C)(O[Si](C)(C)C)O[Si](C)(C)C)S(=O)(=O)c1ccccc1. The van der Waals surface area contributed by atoms with Crippen LogP contribution in [0.3, 0.4) is 0 Å². The number of sulfone groups is 1. The van der Waals surface area contributed by atoms with Crippen molar-refractivity contribution in [1.82, 2.24) is 0 Å². The Morgan fingerprint density at radius 2 is 1.52 bits per heavy atom. The Balaban J connectivity index is 2.79. The molecule has 0 saturated heterocycles. The molecule has 0 N–H and O–H groups in total. The van der Waals surface area contributed by atoms with Gasteiger partial charge < -0.3 is 13.0 Å². The molecule has 0 heterocycles. The van der Waals surface area contributed by atoms with Crippen LogP contribution in [-0.2, 0) is 27.6 Å². The number of rotatable bonds is 13. The van der Waals surface area contributed by atoms with Crippen molar-refractivity contribution in [3.63, 3.8) is 0 Å². The number of esters is 1. The van der Waals surface area contributed by atoms with E-state index in [-0.39, 0.29) is 16.2 Å². The average Bonchev–Trinajstić information content (AvgIpc) is 2.67.